The first-order valence-corrected chi connectivity index (χ1v) is 11.8. The van der Waals surface area contributed by atoms with Crippen LogP contribution in [0, 0.1) is 6.92 Å². The molecule has 2 aromatic carbocycles. The van der Waals surface area contributed by atoms with Gasteiger partial charge in [-0.3, -0.25) is 9.13 Å². The lowest BCUT2D eigenvalue weighted by molar-refractivity contribution is -0.207. The molecule has 0 spiro atoms. The number of benzene rings is 2. The average molecular weight is 556 g/mol. The summed E-state index contributed by atoms with van der Waals surface area (Å²) in [6, 6.07) is 12.9. The van der Waals surface area contributed by atoms with Gasteiger partial charge in [0.15, 0.2) is 17.8 Å². The number of aromatic nitrogens is 5. The van der Waals surface area contributed by atoms with Crippen LogP contribution < -0.4 is 5.69 Å². The second kappa shape index (κ2) is 10.3. The first-order valence-electron chi connectivity index (χ1n) is 11.1. The Labute approximate surface area is 219 Å². The molecule has 37 heavy (non-hydrogen) atoms. The van der Waals surface area contributed by atoms with Crippen LogP contribution in [0.15, 0.2) is 53.3 Å². The summed E-state index contributed by atoms with van der Waals surface area (Å²) in [6.07, 6.45) is -8.71. The van der Waals surface area contributed by atoms with Crippen molar-refractivity contribution < 1.29 is 23.4 Å². The zero-order valence-corrected chi connectivity index (χ0v) is 21.1. The number of aliphatic hydroxyl groups excluding tert-OH is 2. The molecule has 0 saturated carbocycles. The van der Waals surface area contributed by atoms with E-state index in [1.54, 1.807) is 55.5 Å². The number of rotatable bonds is 7. The fourth-order valence-corrected chi connectivity index (χ4v) is 4.22. The Balaban J connectivity index is 1.87. The number of alkyl halides is 3. The van der Waals surface area contributed by atoms with Gasteiger partial charge in [-0.1, -0.05) is 41.4 Å². The fraction of sp³-hybridized carbons (Fsp3) is 0.292. The first-order chi connectivity index (χ1) is 17.4. The second-order valence-electron chi connectivity index (χ2n) is 8.43. The molecule has 0 amide bonds. The molecule has 4 aromatic rings. The minimum atomic E-state index is -4.92. The summed E-state index contributed by atoms with van der Waals surface area (Å²) in [7, 11) is 0. The van der Waals surface area contributed by atoms with Crippen LogP contribution in [0.25, 0.3) is 16.9 Å². The molecule has 0 fully saturated rings. The highest BCUT2D eigenvalue weighted by Crippen LogP contribution is 2.28. The van der Waals surface area contributed by atoms with Gasteiger partial charge in [-0.05, 0) is 44.2 Å². The molecule has 8 nitrogen and oxygen atoms in total. The number of nitrogens with zero attached hydrogens (tertiary/aromatic N) is 5. The van der Waals surface area contributed by atoms with Crippen molar-refractivity contribution in [2.75, 3.05) is 0 Å². The summed E-state index contributed by atoms with van der Waals surface area (Å²) < 4.78 is 43.2. The van der Waals surface area contributed by atoms with E-state index >= 15 is 0 Å². The molecular weight excluding hydrogens is 534 g/mol. The van der Waals surface area contributed by atoms with Crippen molar-refractivity contribution in [2.45, 2.75) is 45.3 Å². The van der Waals surface area contributed by atoms with Gasteiger partial charge in [0.25, 0.3) is 0 Å². The van der Waals surface area contributed by atoms with Crippen LogP contribution in [0.2, 0.25) is 10.0 Å². The Hall–Kier alpha value is -3.12. The smallest absolute Gasteiger partial charge is 0.385 e. The van der Waals surface area contributed by atoms with Crippen LogP contribution in [0.1, 0.15) is 30.4 Å². The van der Waals surface area contributed by atoms with Crippen LogP contribution in [-0.4, -0.2) is 46.4 Å². The molecule has 2 atom stereocenters. The summed E-state index contributed by atoms with van der Waals surface area (Å²) in [4.78, 5) is 17.8. The van der Waals surface area contributed by atoms with E-state index < -0.39 is 30.6 Å². The molecule has 0 aliphatic rings. The molecule has 0 bridgehead atoms. The highest BCUT2D eigenvalue weighted by molar-refractivity contribution is 6.31. The summed E-state index contributed by atoms with van der Waals surface area (Å²) in [6.45, 7) is 1.87. The Morgan fingerprint density at radius 1 is 1.03 bits per heavy atom. The standard InChI is InChI=1S/C24H22Cl2F3N5O3/c1-13-21(15-6-8-16(25)9-7-15)33(11-19(36)24(27,28)29)23(37)32(13)12-20-30-22(14(2)35)31-34(20)18-5-3-4-17(26)10-18/h3-10,14,19,35-36H,11-12H2,1-2H3/t14-,19?/m0/s1. The highest BCUT2D eigenvalue weighted by Gasteiger charge is 2.39. The van der Waals surface area contributed by atoms with Gasteiger partial charge in [0, 0.05) is 21.3 Å². The Bertz CT molecular complexity index is 1480. The maximum Gasteiger partial charge on any atom is 0.416 e. The topological polar surface area (TPSA) is 98.1 Å². The number of aliphatic hydroxyl groups is 2. The van der Waals surface area contributed by atoms with Gasteiger partial charge in [-0.15, -0.1) is 5.10 Å². The molecule has 1 unspecified atom stereocenters. The highest BCUT2D eigenvalue weighted by atomic mass is 35.5. The van der Waals surface area contributed by atoms with Gasteiger partial charge in [0.2, 0.25) is 0 Å². The van der Waals surface area contributed by atoms with Crippen LogP contribution in [0.4, 0.5) is 13.2 Å². The van der Waals surface area contributed by atoms with Gasteiger partial charge in [0.05, 0.1) is 24.5 Å². The number of hydrogen-bond acceptors (Lipinski definition) is 5. The SMILES string of the molecule is Cc1c(-c2ccc(Cl)cc2)n(CC(O)C(F)(F)F)c(=O)n1Cc1nc([C@H](C)O)nn1-c1cccc(Cl)c1. The largest absolute Gasteiger partial charge is 0.416 e. The predicted octanol–water partition coefficient (Wildman–Crippen LogP) is 4.54. The first kappa shape index (κ1) is 26.9. The van der Waals surface area contributed by atoms with Crippen molar-refractivity contribution >= 4 is 23.2 Å². The van der Waals surface area contributed by atoms with Crippen LogP contribution in [-0.2, 0) is 13.1 Å². The summed E-state index contributed by atoms with van der Waals surface area (Å²) >= 11 is 12.1. The second-order valence-corrected chi connectivity index (χ2v) is 9.30. The van der Waals surface area contributed by atoms with E-state index in [-0.39, 0.29) is 23.9 Å². The molecule has 0 saturated heterocycles. The Kier molecular flexibility index (Phi) is 7.52. The van der Waals surface area contributed by atoms with Crippen molar-refractivity contribution in [2.24, 2.45) is 0 Å². The number of hydrogen-bond donors (Lipinski definition) is 2. The maximum absolute atomic E-state index is 13.5. The normalized spacial score (nSPS) is 13.6. The van der Waals surface area contributed by atoms with Crippen molar-refractivity contribution in [1.82, 2.24) is 23.9 Å². The van der Waals surface area contributed by atoms with E-state index in [4.69, 9.17) is 23.2 Å². The van der Waals surface area contributed by atoms with Crippen LogP contribution in [0.3, 0.4) is 0 Å². The minimum Gasteiger partial charge on any atom is -0.385 e. The molecule has 196 valence electrons. The van der Waals surface area contributed by atoms with Crippen molar-refractivity contribution in [1.29, 1.82) is 0 Å². The lowest BCUT2D eigenvalue weighted by atomic mass is 10.1. The van der Waals surface area contributed by atoms with Gasteiger partial charge in [-0.2, -0.15) is 13.2 Å². The summed E-state index contributed by atoms with van der Waals surface area (Å²) in [5.41, 5.74) is 0.686. The molecule has 13 heteroatoms. The lowest BCUT2D eigenvalue weighted by Gasteiger charge is -2.16. The average Bonchev–Trinajstić information content (AvgIpc) is 3.35. The fourth-order valence-electron chi connectivity index (χ4n) is 3.91. The zero-order valence-electron chi connectivity index (χ0n) is 19.6. The summed E-state index contributed by atoms with van der Waals surface area (Å²) in [5, 5.41) is 25.0. The zero-order chi connectivity index (χ0) is 27.1. The predicted molar refractivity (Wildman–Crippen MR) is 132 cm³/mol. The summed E-state index contributed by atoms with van der Waals surface area (Å²) in [5.74, 6) is 0.324. The van der Waals surface area contributed by atoms with E-state index in [1.165, 1.54) is 16.2 Å². The number of imidazole rings is 1. The molecule has 4 rings (SSSR count). The molecule has 2 N–H and O–H groups in total. The van der Waals surface area contributed by atoms with Gasteiger partial charge >= 0.3 is 11.9 Å². The molecule has 0 aliphatic carbocycles. The van der Waals surface area contributed by atoms with Crippen LogP contribution in [0.5, 0.6) is 0 Å². The maximum atomic E-state index is 13.5. The van der Waals surface area contributed by atoms with Crippen molar-refractivity contribution in [3.63, 3.8) is 0 Å². The van der Waals surface area contributed by atoms with Crippen molar-refractivity contribution in [3.8, 4) is 16.9 Å². The molecule has 2 heterocycles. The van der Waals surface area contributed by atoms with E-state index in [9.17, 15) is 28.2 Å². The minimum absolute atomic E-state index is 0.0885. The lowest BCUT2D eigenvalue weighted by Crippen LogP contribution is -2.37. The van der Waals surface area contributed by atoms with Gasteiger partial charge in [-0.25, -0.2) is 14.5 Å². The molecule has 2 aromatic heterocycles. The monoisotopic (exact) mass is 555 g/mol. The quantitative estimate of drug-likeness (QED) is 0.349. The van der Waals surface area contributed by atoms with Crippen molar-refractivity contribution in [3.05, 3.63) is 86.4 Å². The van der Waals surface area contributed by atoms with Crippen LogP contribution >= 0.6 is 23.2 Å². The van der Waals surface area contributed by atoms with E-state index in [2.05, 4.69) is 10.1 Å². The number of halogens is 5. The molecular formula is C24H22Cl2F3N5O3. The van der Waals surface area contributed by atoms with E-state index in [1.807, 2.05) is 0 Å². The Morgan fingerprint density at radius 2 is 1.70 bits per heavy atom. The van der Waals surface area contributed by atoms with Gasteiger partial charge < -0.3 is 10.2 Å². The molecule has 0 radical (unpaired) electrons. The third kappa shape index (κ3) is 5.59. The van der Waals surface area contributed by atoms with E-state index in [0.717, 1.165) is 4.57 Å². The Morgan fingerprint density at radius 3 is 2.30 bits per heavy atom. The van der Waals surface area contributed by atoms with Gasteiger partial charge in [0.1, 0.15) is 6.10 Å². The third-order valence-electron chi connectivity index (χ3n) is 5.75. The van der Waals surface area contributed by atoms with E-state index in [0.29, 0.717) is 27.0 Å². The third-order valence-corrected chi connectivity index (χ3v) is 6.23. The molecule has 0 aliphatic heterocycles.